The van der Waals surface area contributed by atoms with E-state index in [0.717, 1.165) is 25.1 Å². The number of amides is 3. The van der Waals surface area contributed by atoms with Crippen LogP contribution in [0.15, 0.2) is 18.2 Å². The summed E-state index contributed by atoms with van der Waals surface area (Å²) in [5.41, 5.74) is 2.14. The highest BCUT2D eigenvalue weighted by Crippen LogP contribution is 2.31. The molecule has 1 heterocycles. The van der Waals surface area contributed by atoms with Gasteiger partial charge in [0.2, 0.25) is 0 Å². The van der Waals surface area contributed by atoms with Crippen LogP contribution in [0.2, 0.25) is 0 Å². The molecular weight excluding hydrogens is 246 g/mol. The Labute approximate surface area is 111 Å². The first kappa shape index (κ1) is 13.2. The van der Waals surface area contributed by atoms with Crippen molar-refractivity contribution < 1.29 is 14.3 Å². The minimum atomic E-state index is -0.540. The number of urea groups is 1. The lowest BCUT2D eigenvalue weighted by Gasteiger charge is -2.20. The van der Waals surface area contributed by atoms with Gasteiger partial charge in [0.05, 0.1) is 5.69 Å². The normalized spacial score (nSPS) is 12.9. The van der Waals surface area contributed by atoms with E-state index in [-0.39, 0.29) is 6.61 Å². The van der Waals surface area contributed by atoms with Gasteiger partial charge in [-0.15, -0.1) is 0 Å². The maximum atomic E-state index is 11.4. The second-order valence-corrected chi connectivity index (χ2v) is 4.24. The van der Waals surface area contributed by atoms with Crippen molar-refractivity contribution in [2.45, 2.75) is 12.8 Å². The van der Waals surface area contributed by atoms with Crippen LogP contribution in [-0.2, 0) is 11.2 Å². The molecule has 0 spiro atoms. The van der Waals surface area contributed by atoms with Crippen molar-refractivity contribution in [3.05, 3.63) is 23.8 Å². The van der Waals surface area contributed by atoms with Gasteiger partial charge in [0.15, 0.2) is 6.61 Å². The Balaban J connectivity index is 1.96. The smallest absolute Gasteiger partial charge is 0.321 e. The molecule has 0 radical (unpaired) electrons. The molecule has 102 valence electrons. The molecule has 2 rings (SSSR count). The van der Waals surface area contributed by atoms with Crippen LogP contribution in [0.4, 0.5) is 10.5 Å². The van der Waals surface area contributed by atoms with Gasteiger partial charge in [0.25, 0.3) is 5.91 Å². The maximum absolute atomic E-state index is 11.4. The standard InChI is InChI=1S/C13H17N3O3/c1-14-13(18)16-11(17)8-19-10-6-2-4-9-5-3-7-15-12(9)10/h2,4,6,15H,3,5,7-8H2,1H3,(H2,14,16,17,18). The summed E-state index contributed by atoms with van der Waals surface area (Å²) in [5, 5.41) is 7.72. The molecule has 1 aromatic carbocycles. The lowest BCUT2D eigenvalue weighted by Crippen LogP contribution is -2.40. The third-order valence-corrected chi connectivity index (χ3v) is 2.88. The number of carbonyl (C=O) groups excluding carboxylic acids is 2. The molecule has 0 unspecified atom stereocenters. The Kier molecular flexibility index (Phi) is 4.22. The molecule has 0 fully saturated rings. The second-order valence-electron chi connectivity index (χ2n) is 4.24. The molecule has 0 saturated heterocycles. The summed E-state index contributed by atoms with van der Waals surface area (Å²) in [6.45, 7) is 0.712. The van der Waals surface area contributed by atoms with Crippen molar-refractivity contribution in [2.24, 2.45) is 0 Å². The van der Waals surface area contributed by atoms with Gasteiger partial charge < -0.3 is 15.4 Å². The highest BCUT2D eigenvalue weighted by molar-refractivity contribution is 5.94. The van der Waals surface area contributed by atoms with Gasteiger partial charge in [0.1, 0.15) is 5.75 Å². The zero-order valence-electron chi connectivity index (χ0n) is 10.8. The van der Waals surface area contributed by atoms with Crippen molar-refractivity contribution in [1.82, 2.24) is 10.6 Å². The molecule has 0 saturated carbocycles. The van der Waals surface area contributed by atoms with Gasteiger partial charge >= 0.3 is 6.03 Å². The molecule has 0 aliphatic carbocycles. The number of hydrogen-bond donors (Lipinski definition) is 3. The van der Waals surface area contributed by atoms with Gasteiger partial charge in [-0.1, -0.05) is 12.1 Å². The van der Waals surface area contributed by atoms with E-state index in [1.165, 1.54) is 12.6 Å². The van der Waals surface area contributed by atoms with Crippen LogP contribution in [0.3, 0.4) is 0 Å². The fourth-order valence-electron chi connectivity index (χ4n) is 1.97. The van der Waals surface area contributed by atoms with E-state index < -0.39 is 11.9 Å². The van der Waals surface area contributed by atoms with Crippen molar-refractivity contribution in [3.63, 3.8) is 0 Å². The fourth-order valence-corrected chi connectivity index (χ4v) is 1.97. The first-order chi connectivity index (χ1) is 9.20. The molecule has 3 amide bonds. The number of hydrogen-bond acceptors (Lipinski definition) is 4. The predicted octanol–water partition coefficient (Wildman–Crippen LogP) is 0.879. The molecule has 3 N–H and O–H groups in total. The minimum absolute atomic E-state index is 0.189. The van der Waals surface area contributed by atoms with E-state index in [0.29, 0.717) is 5.75 Å². The number of ether oxygens (including phenoxy) is 1. The highest BCUT2D eigenvalue weighted by atomic mass is 16.5. The number of rotatable bonds is 3. The predicted molar refractivity (Wildman–Crippen MR) is 71.3 cm³/mol. The molecule has 0 atom stereocenters. The first-order valence-corrected chi connectivity index (χ1v) is 6.21. The van der Waals surface area contributed by atoms with Gasteiger partial charge in [-0.05, 0) is 24.5 Å². The third kappa shape index (κ3) is 3.37. The number of benzene rings is 1. The van der Waals surface area contributed by atoms with Crippen LogP contribution in [0, 0.1) is 0 Å². The molecule has 1 aromatic rings. The van der Waals surface area contributed by atoms with Crippen LogP contribution in [-0.4, -0.2) is 32.1 Å². The molecule has 19 heavy (non-hydrogen) atoms. The summed E-state index contributed by atoms with van der Waals surface area (Å²) in [4.78, 5) is 22.4. The van der Waals surface area contributed by atoms with Crippen LogP contribution in [0.1, 0.15) is 12.0 Å². The zero-order valence-corrected chi connectivity index (χ0v) is 10.8. The lowest BCUT2D eigenvalue weighted by atomic mass is 10.0. The number of para-hydroxylation sites is 1. The Morgan fingerprint density at radius 1 is 1.42 bits per heavy atom. The van der Waals surface area contributed by atoms with E-state index in [9.17, 15) is 9.59 Å². The Bertz CT molecular complexity index is 488. The molecule has 6 nitrogen and oxygen atoms in total. The topological polar surface area (TPSA) is 79.5 Å². The largest absolute Gasteiger partial charge is 0.482 e. The van der Waals surface area contributed by atoms with Gasteiger partial charge in [-0.2, -0.15) is 0 Å². The van der Waals surface area contributed by atoms with E-state index in [1.54, 1.807) is 0 Å². The number of anilines is 1. The summed E-state index contributed by atoms with van der Waals surface area (Å²) >= 11 is 0. The van der Waals surface area contributed by atoms with E-state index >= 15 is 0 Å². The highest BCUT2D eigenvalue weighted by Gasteiger charge is 2.14. The molecule has 1 aliphatic heterocycles. The summed E-state index contributed by atoms with van der Waals surface area (Å²) in [6, 6.07) is 5.21. The number of aryl methyl sites for hydroxylation is 1. The van der Waals surface area contributed by atoms with Crippen molar-refractivity contribution in [1.29, 1.82) is 0 Å². The number of nitrogens with one attached hydrogen (secondary N) is 3. The first-order valence-electron chi connectivity index (χ1n) is 6.21. The summed E-state index contributed by atoms with van der Waals surface area (Å²) in [7, 11) is 1.45. The second kappa shape index (κ2) is 6.08. The average molecular weight is 263 g/mol. The molecule has 0 bridgehead atoms. The molecule has 1 aliphatic rings. The zero-order chi connectivity index (χ0) is 13.7. The van der Waals surface area contributed by atoms with Gasteiger partial charge in [-0.25, -0.2) is 4.79 Å². The van der Waals surface area contributed by atoms with Crippen molar-refractivity contribution in [2.75, 3.05) is 25.5 Å². The summed E-state index contributed by atoms with van der Waals surface area (Å²) in [5.74, 6) is 0.164. The molecular formula is C13H17N3O3. The average Bonchev–Trinajstić information content (AvgIpc) is 2.44. The maximum Gasteiger partial charge on any atom is 0.321 e. The SMILES string of the molecule is CNC(=O)NC(=O)COc1cccc2c1NCCC2. The lowest BCUT2D eigenvalue weighted by molar-refractivity contribution is -0.121. The fraction of sp³-hybridized carbons (Fsp3) is 0.385. The van der Waals surface area contributed by atoms with Gasteiger partial charge in [0, 0.05) is 13.6 Å². The number of fused-ring (bicyclic) bond motifs is 1. The summed E-state index contributed by atoms with van der Waals surface area (Å²) in [6.07, 6.45) is 2.09. The third-order valence-electron chi connectivity index (χ3n) is 2.88. The van der Waals surface area contributed by atoms with E-state index in [2.05, 4.69) is 16.0 Å². The van der Waals surface area contributed by atoms with Crippen LogP contribution >= 0.6 is 0 Å². The van der Waals surface area contributed by atoms with Gasteiger partial charge in [-0.3, -0.25) is 10.1 Å². The van der Waals surface area contributed by atoms with Crippen LogP contribution in [0.5, 0.6) is 5.75 Å². The van der Waals surface area contributed by atoms with E-state index in [1.807, 2.05) is 18.2 Å². The van der Waals surface area contributed by atoms with Crippen molar-refractivity contribution in [3.8, 4) is 5.75 Å². The number of carbonyl (C=O) groups is 2. The summed E-state index contributed by atoms with van der Waals surface area (Å²) < 4.78 is 5.46. The number of imide groups is 1. The van der Waals surface area contributed by atoms with Crippen LogP contribution < -0.4 is 20.7 Å². The quantitative estimate of drug-likeness (QED) is 0.756. The van der Waals surface area contributed by atoms with Crippen molar-refractivity contribution >= 4 is 17.6 Å². The Hall–Kier alpha value is -2.24. The molecule has 6 heteroatoms. The Morgan fingerprint density at radius 3 is 3.05 bits per heavy atom. The van der Waals surface area contributed by atoms with Crippen LogP contribution in [0.25, 0.3) is 0 Å². The minimum Gasteiger partial charge on any atom is -0.482 e. The monoisotopic (exact) mass is 263 g/mol. The van der Waals surface area contributed by atoms with E-state index in [4.69, 9.17) is 4.74 Å². The molecule has 0 aromatic heterocycles. The Morgan fingerprint density at radius 2 is 2.26 bits per heavy atom.